The number of carbonyl (C=O) groups is 1. The average molecular weight is 325 g/mol. The second kappa shape index (κ2) is 7.11. The summed E-state index contributed by atoms with van der Waals surface area (Å²) in [6, 6.07) is 17.2. The van der Waals surface area contributed by atoms with Crippen LogP contribution in [0.2, 0.25) is 0 Å². The van der Waals surface area contributed by atoms with Crippen LogP contribution in [0.3, 0.4) is 0 Å². The standard InChI is InChI=1S/C17H15N3O2S/c1-12-7-9-13(10-8-12)16-19-17(22-20-16)23-11-15(21)18-14-5-3-2-4-6-14/h2-10H,11H2,1H3,(H,18,21). The van der Waals surface area contributed by atoms with Gasteiger partial charge >= 0.3 is 0 Å². The van der Waals surface area contributed by atoms with E-state index in [1.54, 1.807) is 0 Å². The summed E-state index contributed by atoms with van der Waals surface area (Å²) in [7, 11) is 0. The van der Waals surface area contributed by atoms with Crippen LogP contribution in [0.1, 0.15) is 5.56 Å². The molecule has 3 rings (SSSR count). The molecule has 0 fully saturated rings. The van der Waals surface area contributed by atoms with Crippen molar-refractivity contribution in [1.82, 2.24) is 10.1 Å². The van der Waals surface area contributed by atoms with Crippen LogP contribution in [-0.2, 0) is 4.79 Å². The van der Waals surface area contributed by atoms with E-state index in [0.29, 0.717) is 11.0 Å². The molecule has 0 saturated heterocycles. The third-order valence-corrected chi connectivity index (χ3v) is 3.92. The number of rotatable bonds is 5. The van der Waals surface area contributed by atoms with Crippen molar-refractivity contribution in [2.75, 3.05) is 11.1 Å². The van der Waals surface area contributed by atoms with Crippen LogP contribution in [0.4, 0.5) is 5.69 Å². The van der Waals surface area contributed by atoms with E-state index in [9.17, 15) is 4.79 Å². The molecule has 0 spiro atoms. The van der Waals surface area contributed by atoms with Gasteiger partial charge in [0.05, 0.1) is 5.75 Å². The Kier molecular flexibility index (Phi) is 4.73. The van der Waals surface area contributed by atoms with E-state index in [1.807, 2.05) is 61.5 Å². The highest BCUT2D eigenvalue weighted by Gasteiger charge is 2.11. The molecule has 0 radical (unpaired) electrons. The zero-order valence-electron chi connectivity index (χ0n) is 12.5. The lowest BCUT2D eigenvalue weighted by atomic mass is 10.1. The van der Waals surface area contributed by atoms with Crippen molar-refractivity contribution in [2.24, 2.45) is 0 Å². The van der Waals surface area contributed by atoms with Crippen molar-refractivity contribution in [2.45, 2.75) is 12.1 Å². The Balaban J connectivity index is 1.57. The number of hydrogen-bond donors (Lipinski definition) is 1. The molecule has 5 nitrogen and oxygen atoms in total. The van der Waals surface area contributed by atoms with Gasteiger partial charge in [0.2, 0.25) is 11.7 Å². The quantitative estimate of drug-likeness (QED) is 0.723. The summed E-state index contributed by atoms with van der Waals surface area (Å²) in [4.78, 5) is 16.2. The predicted octanol–water partition coefficient (Wildman–Crippen LogP) is 3.78. The molecule has 0 aliphatic heterocycles. The zero-order valence-corrected chi connectivity index (χ0v) is 13.3. The number of hydrogen-bond acceptors (Lipinski definition) is 5. The lowest BCUT2D eigenvalue weighted by molar-refractivity contribution is -0.113. The van der Waals surface area contributed by atoms with Crippen LogP contribution < -0.4 is 5.32 Å². The molecule has 1 N–H and O–H groups in total. The zero-order chi connectivity index (χ0) is 16.1. The Morgan fingerprint density at radius 1 is 1.13 bits per heavy atom. The van der Waals surface area contributed by atoms with Gasteiger partial charge in [-0.1, -0.05) is 64.9 Å². The van der Waals surface area contributed by atoms with Crippen LogP contribution in [-0.4, -0.2) is 21.8 Å². The predicted molar refractivity (Wildman–Crippen MR) is 90.3 cm³/mol. The number of aryl methyl sites for hydroxylation is 1. The third kappa shape index (κ3) is 4.20. The van der Waals surface area contributed by atoms with Crippen molar-refractivity contribution in [3.05, 3.63) is 60.2 Å². The molecule has 1 aromatic heterocycles. The summed E-state index contributed by atoms with van der Waals surface area (Å²) in [5.74, 6) is 0.622. The minimum Gasteiger partial charge on any atom is -0.327 e. The number of amides is 1. The van der Waals surface area contributed by atoms with Gasteiger partial charge in [-0.05, 0) is 19.1 Å². The van der Waals surface area contributed by atoms with E-state index < -0.39 is 0 Å². The lowest BCUT2D eigenvalue weighted by Gasteiger charge is -2.02. The van der Waals surface area contributed by atoms with Gasteiger partial charge in [-0.15, -0.1) is 0 Å². The molecule has 6 heteroatoms. The molecule has 3 aromatic rings. The van der Waals surface area contributed by atoms with E-state index in [-0.39, 0.29) is 11.7 Å². The summed E-state index contributed by atoms with van der Waals surface area (Å²) in [6.07, 6.45) is 0. The first kappa shape index (κ1) is 15.3. The largest absolute Gasteiger partial charge is 0.327 e. The van der Waals surface area contributed by atoms with Gasteiger partial charge in [0.1, 0.15) is 0 Å². The van der Waals surface area contributed by atoms with Crippen LogP contribution in [0.15, 0.2) is 64.3 Å². The summed E-state index contributed by atoms with van der Waals surface area (Å²) in [5, 5.41) is 7.13. The summed E-state index contributed by atoms with van der Waals surface area (Å²) < 4.78 is 5.17. The minimum absolute atomic E-state index is 0.115. The number of aromatic nitrogens is 2. The lowest BCUT2D eigenvalue weighted by Crippen LogP contribution is -2.13. The van der Waals surface area contributed by atoms with E-state index in [1.165, 1.54) is 17.3 Å². The Morgan fingerprint density at radius 3 is 2.61 bits per heavy atom. The maximum Gasteiger partial charge on any atom is 0.286 e. The van der Waals surface area contributed by atoms with Crippen molar-refractivity contribution >= 4 is 23.4 Å². The van der Waals surface area contributed by atoms with Crippen molar-refractivity contribution < 1.29 is 9.32 Å². The van der Waals surface area contributed by atoms with Gasteiger partial charge in [-0.25, -0.2) is 0 Å². The number of benzene rings is 2. The second-order valence-corrected chi connectivity index (χ2v) is 5.88. The molecule has 0 bridgehead atoms. The van der Waals surface area contributed by atoms with Gasteiger partial charge < -0.3 is 9.84 Å². The number of para-hydroxylation sites is 1. The highest BCUT2D eigenvalue weighted by atomic mass is 32.2. The summed E-state index contributed by atoms with van der Waals surface area (Å²) >= 11 is 1.21. The third-order valence-electron chi connectivity index (χ3n) is 3.10. The van der Waals surface area contributed by atoms with Gasteiger partial charge in [-0.3, -0.25) is 4.79 Å². The summed E-state index contributed by atoms with van der Waals surface area (Å²) in [5.41, 5.74) is 2.83. The smallest absolute Gasteiger partial charge is 0.286 e. The number of nitrogens with zero attached hydrogens (tertiary/aromatic N) is 2. The topological polar surface area (TPSA) is 68.0 Å². The van der Waals surface area contributed by atoms with Gasteiger partial charge in [0.25, 0.3) is 5.22 Å². The number of nitrogens with one attached hydrogen (secondary N) is 1. The Morgan fingerprint density at radius 2 is 1.87 bits per heavy atom. The molecule has 0 atom stereocenters. The highest BCUT2D eigenvalue weighted by molar-refractivity contribution is 7.99. The molecular formula is C17H15N3O2S. The molecule has 23 heavy (non-hydrogen) atoms. The maximum absolute atomic E-state index is 11.9. The second-order valence-electron chi connectivity index (χ2n) is 4.95. The van der Waals surface area contributed by atoms with Crippen molar-refractivity contribution in [3.63, 3.8) is 0 Å². The van der Waals surface area contributed by atoms with E-state index in [2.05, 4.69) is 15.5 Å². The number of carbonyl (C=O) groups excluding carboxylic acids is 1. The van der Waals surface area contributed by atoms with Gasteiger partial charge in [-0.2, -0.15) is 4.98 Å². The van der Waals surface area contributed by atoms with E-state index in [0.717, 1.165) is 11.3 Å². The molecule has 116 valence electrons. The fourth-order valence-corrected chi connectivity index (χ4v) is 2.50. The molecule has 0 saturated carbocycles. The van der Waals surface area contributed by atoms with Crippen LogP contribution in [0, 0.1) is 6.92 Å². The first-order valence-corrected chi connectivity index (χ1v) is 8.08. The number of anilines is 1. The van der Waals surface area contributed by atoms with Gasteiger partial charge in [0, 0.05) is 11.3 Å². The molecule has 0 aliphatic rings. The van der Waals surface area contributed by atoms with E-state index >= 15 is 0 Å². The Bertz CT molecular complexity index is 785. The van der Waals surface area contributed by atoms with Crippen LogP contribution >= 0.6 is 11.8 Å². The molecular weight excluding hydrogens is 310 g/mol. The van der Waals surface area contributed by atoms with E-state index in [4.69, 9.17) is 4.52 Å². The molecule has 0 unspecified atom stereocenters. The van der Waals surface area contributed by atoms with Gasteiger partial charge in [0.15, 0.2) is 0 Å². The van der Waals surface area contributed by atoms with Crippen molar-refractivity contribution in [3.8, 4) is 11.4 Å². The first-order valence-electron chi connectivity index (χ1n) is 7.09. The fraction of sp³-hybridized carbons (Fsp3) is 0.118. The monoisotopic (exact) mass is 325 g/mol. The SMILES string of the molecule is Cc1ccc(-c2noc(SCC(=O)Nc3ccccc3)n2)cc1. The Hall–Kier alpha value is -2.60. The molecule has 2 aromatic carbocycles. The Labute approximate surface area is 138 Å². The molecule has 0 aliphatic carbocycles. The van der Waals surface area contributed by atoms with Crippen molar-refractivity contribution in [1.29, 1.82) is 0 Å². The fourth-order valence-electron chi connectivity index (χ4n) is 1.93. The van der Waals surface area contributed by atoms with Crippen LogP contribution in [0.5, 0.6) is 0 Å². The highest BCUT2D eigenvalue weighted by Crippen LogP contribution is 2.21. The maximum atomic E-state index is 11.9. The minimum atomic E-state index is -0.115. The molecule has 1 heterocycles. The molecule has 1 amide bonds. The number of thioether (sulfide) groups is 1. The average Bonchev–Trinajstić information content (AvgIpc) is 3.04. The first-order chi connectivity index (χ1) is 11.2. The normalized spacial score (nSPS) is 10.5. The van der Waals surface area contributed by atoms with Crippen LogP contribution in [0.25, 0.3) is 11.4 Å². The summed E-state index contributed by atoms with van der Waals surface area (Å²) in [6.45, 7) is 2.02.